The average Bonchev–Trinajstić information content (AvgIpc) is 2.93. The Labute approximate surface area is 127 Å². The lowest BCUT2D eigenvalue weighted by Gasteiger charge is -2.30. The minimum absolute atomic E-state index is 0.323. The van der Waals surface area contributed by atoms with E-state index in [9.17, 15) is 8.42 Å². The van der Waals surface area contributed by atoms with Crippen LogP contribution in [-0.4, -0.2) is 41.5 Å². The lowest BCUT2D eigenvalue weighted by atomic mass is 10.0. The van der Waals surface area contributed by atoms with Crippen LogP contribution >= 0.6 is 0 Å². The van der Waals surface area contributed by atoms with Crippen molar-refractivity contribution < 1.29 is 8.42 Å². The Morgan fingerprint density at radius 1 is 1.43 bits per heavy atom. The van der Waals surface area contributed by atoms with E-state index in [1.165, 1.54) is 0 Å². The Morgan fingerprint density at radius 3 is 2.71 bits per heavy atom. The first kappa shape index (κ1) is 16.5. The van der Waals surface area contributed by atoms with Gasteiger partial charge in [-0.3, -0.25) is 5.10 Å². The second-order valence-electron chi connectivity index (χ2n) is 6.29. The zero-order valence-corrected chi connectivity index (χ0v) is 14.2. The molecule has 0 radical (unpaired) electrons. The molecule has 21 heavy (non-hydrogen) atoms. The number of aryl methyl sites for hydroxylation is 1. The Kier molecular flexibility index (Phi) is 4.75. The van der Waals surface area contributed by atoms with Crippen LogP contribution < -0.4 is 5.32 Å². The second kappa shape index (κ2) is 6.06. The molecule has 2 N–H and O–H groups in total. The summed E-state index contributed by atoms with van der Waals surface area (Å²) in [6.07, 6.45) is 2.81. The second-order valence-corrected chi connectivity index (χ2v) is 8.09. The molecular formula is C14H26N4O2S. The van der Waals surface area contributed by atoms with E-state index in [1.807, 2.05) is 13.8 Å². The summed E-state index contributed by atoms with van der Waals surface area (Å²) in [6, 6.07) is 0. The van der Waals surface area contributed by atoms with Gasteiger partial charge in [0.2, 0.25) is 10.0 Å². The van der Waals surface area contributed by atoms with Crippen molar-refractivity contribution in [2.24, 2.45) is 0 Å². The molecule has 0 spiro atoms. The van der Waals surface area contributed by atoms with E-state index in [1.54, 1.807) is 11.2 Å². The molecule has 1 aromatic heterocycles. The highest BCUT2D eigenvalue weighted by molar-refractivity contribution is 7.89. The van der Waals surface area contributed by atoms with Crippen LogP contribution in [0.5, 0.6) is 0 Å². The first-order valence-corrected chi connectivity index (χ1v) is 9.02. The molecule has 1 aliphatic rings. The summed E-state index contributed by atoms with van der Waals surface area (Å²) in [7, 11) is -3.50. The van der Waals surface area contributed by atoms with E-state index in [0.717, 1.165) is 25.8 Å². The van der Waals surface area contributed by atoms with Gasteiger partial charge < -0.3 is 5.32 Å². The molecule has 0 aliphatic carbocycles. The van der Waals surface area contributed by atoms with E-state index in [0.29, 0.717) is 29.4 Å². The fraction of sp³-hybridized carbons (Fsp3) is 0.786. The maximum absolute atomic E-state index is 13.0. The molecule has 6 nitrogen and oxygen atoms in total. The molecule has 0 bridgehead atoms. The van der Waals surface area contributed by atoms with Gasteiger partial charge in [-0.15, -0.1) is 0 Å². The number of nitrogens with one attached hydrogen (secondary N) is 2. The third kappa shape index (κ3) is 3.14. The van der Waals surface area contributed by atoms with E-state index in [2.05, 4.69) is 22.4 Å². The summed E-state index contributed by atoms with van der Waals surface area (Å²) in [5.41, 5.74) is 0.881. The molecule has 0 amide bonds. The maximum atomic E-state index is 13.0. The van der Waals surface area contributed by atoms with E-state index >= 15 is 0 Å². The van der Waals surface area contributed by atoms with Crippen molar-refractivity contribution in [3.05, 3.63) is 11.4 Å². The maximum Gasteiger partial charge on any atom is 0.247 e. The Balaban J connectivity index is 2.34. The van der Waals surface area contributed by atoms with Crippen molar-refractivity contribution >= 4 is 10.0 Å². The molecule has 2 rings (SSSR count). The van der Waals surface area contributed by atoms with Gasteiger partial charge >= 0.3 is 0 Å². The minimum Gasteiger partial charge on any atom is -0.311 e. The molecule has 1 aromatic rings. The smallest absolute Gasteiger partial charge is 0.247 e. The molecule has 7 heteroatoms. The normalized spacial score (nSPS) is 19.2. The third-order valence-electron chi connectivity index (χ3n) is 4.05. The molecule has 1 saturated heterocycles. The van der Waals surface area contributed by atoms with Gasteiger partial charge in [-0.1, -0.05) is 6.92 Å². The summed E-state index contributed by atoms with van der Waals surface area (Å²) >= 11 is 0. The lowest BCUT2D eigenvalue weighted by Crippen LogP contribution is -2.43. The van der Waals surface area contributed by atoms with Crippen LogP contribution in [0, 0.1) is 6.92 Å². The first-order chi connectivity index (χ1) is 9.80. The molecule has 0 unspecified atom stereocenters. The highest BCUT2D eigenvalue weighted by Gasteiger charge is 2.42. The number of hydrogen-bond acceptors (Lipinski definition) is 4. The summed E-state index contributed by atoms with van der Waals surface area (Å²) in [6.45, 7) is 9.73. The first-order valence-electron chi connectivity index (χ1n) is 7.58. The average molecular weight is 314 g/mol. The number of hydrogen-bond donors (Lipinski definition) is 2. The summed E-state index contributed by atoms with van der Waals surface area (Å²) in [4.78, 5) is 0.348. The molecule has 1 aliphatic heterocycles. The third-order valence-corrected chi connectivity index (χ3v) is 6.37. The van der Waals surface area contributed by atoms with Crippen LogP contribution in [0.3, 0.4) is 0 Å². The van der Waals surface area contributed by atoms with Gasteiger partial charge in [-0.2, -0.15) is 9.40 Å². The molecule has 0 aromatic carbocycles. The molecule has 1 fully saturated rings. The Morgan fingerprint density at radius 2 is 2.14 bits per heavy atom. The zero-order valence-electron chi connectivity index (χ0n) is 13.4. The lowest BCUT2D eigenvalue weighted by molar-refractivity contribution is 0.291. The van der Waals surface area contributed by atoms with Crippen LogP contribution in [0.4, 0.5) is 0 Å². The Bertz CT molecular complexity index is 592. The van der Waals surface area contributed by atoms with Crippen LogP contribution in [0.25, 0.3) is 0 Å². The van der Waals surface area contributed by atoms with Gasteiger partial charge in [0.15, 0.2) is 0 Å². The van der Waals surface area contributed by atoms with E-state index in [4.69, 9.17) is 0 Å². The van der Waals surface area contributed by atoms with Gasteiger partial charge in [-0.25, -0.2) is 8.42 Å². The van der Waals surface area contributed by atoms with Crippen molar-refractivity contribution in [1.82, 2.24) is 19.8 Å². The number of aromatic amines is 1. The van der Waals surface area contributed by atoms with Gasteiger partial charge in [-0.05, 0) is 46.6 Å². The fourth-order valence-electron chi connectivity index (χ4n) is 2.95. The van der Waals surface area contributed by atoms with Crippen LogP contribution in [-0.2, 0) is 16.6 Å². The standard InChI is InChI=1S/C14H26N4O2S/c1-5-8-15-10-12-13(11(2)16-17-12)21(19,20)18-9-6-7-14(18,3)4/h15H,5-10H2,1-4H3,(H,16,17). The zero-order chi connectivity index (χ0) is 15.7. The number of nitrogens with zero attached hydrogens (tertiary/aromatic N) is 2. The highest BCUT2D eigenvalue weighted by atomic mass is 32.2. The topological polar surface area (TPSA) is 78.1 Å². The number of aromatic nitrogens is 2. The Hall–Kier alpha value is -0.920. The van der Waals surface area contributed by atoms with Crippen molar-refractivity contribution in [2.75, 3.05) is 13.1 Å². The van der Waals surface area contributed by atoms with Crippen LogP contribution in [0.15, 0.2) is 4.90 Å². The predicted octanol–water partition coefficient (Wildman–Crippen LogP) is 1.78. The molecule has 0 atom stereocenters. The van der Waals surface area contributed by atoms with Crippen LogP contribution in [0.1, 0.15) is 51.4 Å². The van der Waals surface area contributed by atoms with Gasteiger partial charge in [0.25, 0.3) is 0 Å². The molecular weight excluding hydrogens is 288 g/mol. The molecule has 120 valence electrons. The number of rotatable bonds is 6. The van der Waals surface area contributed by atoms with Gasteiger partial charge in [0.1, 0.15) is 4.90 Å². The number of H-pyrrole nitrogens is 1. The van der Waals surface area contributed by atoms with Gasteiger partial charge in [0.05, 0.1) is 11.4 Å². The van der Waals surface area contributed by atoms with Crippen LogP contribution in [0.2, 0.25) is 0 Å². The van der Waals surface area contributed by atoms with E-state index < -0.39 is 10.0 Å². The fourth-order valence-corrected chi connectivity index (χ4v) is 5.13. The SMILES string of the molecule is CCCNCc1n[nH]c(C)c1S(=O)(=O)N1CCCC1(C)C. The summed E-state index contributed by atoms with van der Waals surface area (Å²) in [5, 5.41) is 10.2. The minimum atomic E-state index is -3.50. The molecule has 0 saturated carbocycles. The van der Waals surface area contributed by atoms with Crippen molar-refractivity contribution in [3.8, 4) is 0 Å². The molecule has 2 heterocycles. The van der Waals surface area contributed by atoms with E-state index in [-0.39, 0.29) is 5.54 Å². The predicted molar refractivity (Wildman–Crippen MR) is 82.5 cm³/mol. The van der Waals surface area contributed by atoms with Gasteiger partial charge in [0, 0.05) is 18.6 Å². The monoisotopic (exact) mass is 314 g/mol. The quantitative estimate of drug-likeness (QED) is 0.785. The van der Waals surface area contributed by atoms with Crippen molar-refractivity contribution in [1.29, 1.82) is 0 Å². The summed E-state index contributed by atoms with van der Waals surface area (Å²) < 4.78 is 27.7. The highest BCUT2D eigenvalue weighted by Crippen LogP contribution is 2.35. The van der Waals surface area contributed by atoms with Crippen molar-refractivity contribution in [3.63, 3.8) is 0 Å². The summed E-state index contributed by atoms with van der Waals surface area (Å²) in [5.74, 6) is 0. The largest absolute Gasteiger partial charge is 0.311 e. The number of sulfonamides is 1. The van der Waals surface area contributed by atoms with Crippen molar-refractivity contribution in [2.45, 2.75) is 63.9 Å².